The number of benzene rings is 2. The van der Waals surface area contributed by atoms with Gasteiger partial charge in [0.25, 0.3) is 0 Å². The third-order valence-corrected chi connectivity index (χ3v) is 4.60. The maximum absolute atomic E-state index is 13.2. The van der Waals surface area contributed by atoms with Crippen LogP contribution in [0.3, 0.4) is 0 Å². The first-order valence-electron chi connectivity index (χ1n) is 9.55. The van der Waals surface area contributed by atoms with E-state index in [1.807, 2.05) is 24.3 Å². The predicted molar refractivity (Wildman–Crippen MR) is 107 cm³/mol. The number of aliphatic hydroxyl groups is 1. The van der Waals surface area contributed by atoms with E-state index in [0.717, 1.165) is 5.56 Å². The summed E-state index contributed by atoms with van der Waals surface area (Å²) in [6.07, 6.45) is -0.540. The number of hydrogen-bond donors (Lipinski definition) is 2. The van der Waals surface area contributed by atoms with Crippen molar-refractivity contribution >= 4 is 5.91 Å². The molecule has 0 saturated heterocycles. The highest BCUT2D eigenvalue weighted by Gasteiger charge is 2.13. The lowest BCUT2D eigenvalue weighted by atomic mass is 10.0. The van der Waals surface area contributed by atoms with Crippen LogP contribution >= 0.6 is 0 Å². The van der Waals surface area contributed by atoms with Crippen molar-refractivity contribution in [1.82, 2.24) is 15.5 Å². The molecule has 0 spiro atoms. The minimum absolute atomic E-state index is 0.000427. The molecule has 0 radical (unpaired) electrons. The van der Waals surface area contributed by atoms with Gasteiger partial charge in [0.2, 0.25) is 17.6 Å². The van der Waals surface area contributed by atoms with Gasteiger partial charge in [-0.15, -0.1) is 0 Å². The molecule has 3 aromatic rings. The Labute approximate surface area is 168 Å². The predicted octanol–water partition coefficient (Wildman–Crippen LogP) is 3.78. The number of rotatable bonds is 8. The summed E-state index contributed by atoms with van der Waals surface area (Å²) in [5, 5.41) is 16.6. The second-order valence-electron chi connectivity index (χ2n) is 7.16. The lowest BCUT2D eigenvalue weighted by Crippen LogP contribution is -2.28. The Morgan fingerprint density at radius 1 is 1.17 bits per heavy atom. The van der Waals surface area contributed by atoms with Gasteiger partial charge in [0.05, 0.1) is 6.10 Å². The van der Waals surface area contributed by atoms with Crippen molar-refractivity contribution in [3.63, 3.8) is 0 Å². The molecule has 3 rings (SSSR count). The summed E-state index contributed by atoms with van der Waals surface area (Å²) in [5.74, 6) is 0.606. The van der Waals surface area contributed by atoms with E-state index >= 15 is 0 Å². The van der Waals surface area contributed by atoms with Gasteiger partial charge < -0.3 is 14.9 Å². The molecule has 0 aliphatic rings. The molecule has 2 N–H and O–H groups in total. The van der Waals surface area contributed by atoms with Crippen LogP contribution < -0.4 is 5.32 Å². The molecule has 0 saturated carbocycles. The maximum atomic E-state index is 13.2. The van der Waals surface area contributed by atoms with E-state index in [0.29, 0.717) is 29.6 Å². The molecule has 7 heteroatoms. The zero-order chi connectivity index (χ0) is 20.8. The molecule has 0 bridgehead atoms. The van der Waals surface area contributed by atoms with Gasteiger partial charge in [-0.1, -0.05) is 55.4 Å². The van der Waals surface area contributed by atoms with Crippen LogP contribution in [0.4, 0.5) is 4.39 Å². The zero-order valence-electron chi connectivity index (χ0n) is 16.4. The van der Waals surface area contributed by atoms with E-state index in [-0.39, 0.29) is 18.9 Å². The van der Waals surface area contributed by atoms with E-state index in [2.05, 4.69) is 29.3 Å². The van der Waals surface area contributed by atoms with Crippen molar-refractivity contribution < 1.29 is 18.8 Å². The Kier molecular flexibility index (Phi) is 6.72. The van der Waals surface area contributed by atoms with Crippen molar-refractivity contribution in [2.75, 3.05) is 6.54 Å². The van der Waals surface area contributed by atoms with Crippen LogP contribution in [0.5, 0.6) is 0 Å². The topological polar surface area (TPSA) is 88.2 Å². The Morgan fingerprint density at radius 3 is 2.62 bits per heavy atom. The van der Waals surface area contributed by atoms with Gasteiger partial charge >= 0.3 is 0 Å². The standard InChI is InChI=1S/C22H24FN3O3/c1-14(2)15-6-8-16(9-7-15)22-25-21(29-26-22)11-10-20(28)24-13-19(27)17-4-3-5-18(23)12-17/h3-9,12,14,19,27H,10-11,13H2,1-2H3,(H,24,28). The molecule has 1 heterocycles. The van der Waals surface area contributed by atoms with Gasteiger partial charge in [-0.05, 0) is 29.2 Å². The van der Waals surface area contributed by atoms with Crippen LogP contribution in [0.2, 0.25) is 0 Å². The number of carbonyl (C=O) groups excluding carboxylic acids is 1. The Morgan fingerprint density at radius 2 is 1.93 bits per heavy atom. The van der Waals surface area contributed by atoms with Crippen LogP contribution in [-0.4, -0.2) is 27.7 Å². The minimum atomic E-state index is -0.974. The molecule has 152 valence electrons. The van der Waals surface area contributed by atoms with Crippen LogP contribution in [0.15, 0.2) is 53.1 Å². The maximum Gasteiger partial charge on any atom is 0.227 e. The average Bonchev–Trinajstić information content (AvgIpc) is 3.19. The number of halogens is 1. The Bertz CT molecular complexity index is 954. The van der Waals surface area contributed by atoms with E-state index < -0.39 is 11.9 Å². The molecule has 0 aliphatic carbocycles. The number of nitrogens with zero attached hydrogens (tertiary/aromatic N) is 2. The third-order valence-electron chi connectivity index (χ3n) is 4.60. The molecule has 1 amide bonds. The number of nitrogens with one attached hydrogen (secondary N) is 1. The fourth-order valence-electron chi connectivity index (χ4n) is 2.84. The van der Waals surface area contributed by atoms with Crippen LogP contribution in [0.25, 0.3) is 11.4 Å². The van der Waals surface area contributed by atoms with Crippen molar-refractivity contribution in [2.24, 2.45) is 0 Å². The first kappa shape index (κ1) is 20.7. The third kappa shape index (κ3) is 5.71. The highest BCUT2D eigenvalue weighted by molar-refractivity contribution is 5.76. The largest absolute Gasteiger partial charge is 0.387 e. The van der Waals surface area contributed by atoms with Crippen molar-refractivity contribution in [1.29, 1.82) is 0 Å². The minimum Gasteiger partial charge on any atom is -0.387 e. The summed E-state index contributed by atoms with van der Waals surface area (Å²) in [7, 11) is 0. The lowest BCUT2D eigenvalue weighted by molar-refractivity contribution is -0.121. The molecule has 1 aromatic heterocycles. The van der Waals surface area contributed by atoms with Crippen LogP contribution in [-0.2, 0) is 11.2 Å². The second-order valence-corrected chi connectivity index (χ2v) is 7.16. The quantitative estimate of drug-likeness (QED) is 0.604. The molecule has 0 fully saturated rings. The zero-order valence-corrected chi connectivity index (χ0v) is 16.4. The molecular weight excluding hydrogens is 373 g/mol. The highest BCUT2D eigenvalue weighted by atomic mass is 19.1. The smallest absolute Gasteiger partial charge is 0.227 e. The van der Waals surface area contributed by atoms with Gasteiger partial charge in [0.1, 0.15) is 5.82 Å². The second kappa shape index (κ2) is 9.43. The molecule has 2 aromatic carbocycles. The van der Waals surface area contributed by atoms with Crippen molar-refractivity contribution in [3.8, 4) is 11.4 Å². The fourth-order valence-corrected chi connectivity index (χ4v) is 2.84. The summed E-state index contributed by atoms with van der Waals surface area (Å²) < 4.78 is 18.4. The van der Waals surface area contributed by atoms with E-state index in [4.69, 9.17) is 4.52 Å². The number of amides is 1. The van der Waals surface area contributed by atoms with Gasteiger partial charge in [-0.3, -0.25) is 4.79 Å². The van der Waals surface area contributed by atoms with E-state index in [9.17, 15) is 14.3 Å². The summed E-state index contributed by atoms with van der Waals surface area (Å²) in [6.45, 7) is 4.26. The first-order valence-corrected chi connectivity index (χ1v) is 9.55. The van der Waals surface area contributed by atoms with Crippen LogP contribution in [0, 0.1) is 5.82 Å². The van der Waals surface area contributed by atoms with Gasteiger partial charge in [-0.25, -0.2) is 4.39 Å². The lowest BCUT2D eigenvalue weighted by Gasteiger charge is -2.12. The normalized spacial score (nSPS) is 12.2. The molecule has 0 aliphatic heterocycles. The molecule has 1 atom stereocenters. The molecule has 1 unspecified atom stereocenters. The number of aryl methyl sites for hydroxylation is 1. The summed E-state index contributed by atoms with van der Waals surface area (Å²) in [4.78, 5) is 16.3. The Hall–Kier alpha value is -3.06. The van der Waals surface area contributed by atoms with Gasteiger partial charge in [-0.2, -0.15) is 4.98 Å². The highest BCUT2D eigenvalue weighted by Crippen LogP contribution is 2.20. The first-order chi connectivity index (χ1) is 13.9. The fraction of sp³-hybridized carbons (Fsp3) is 0.318. The molecule has 6 nitrogen and oxygen atoms in total. The summed E-state index contributed by atoms with van der Waals surface area (Å²) in [6, 6.07) is 13.6. The number of aliphatic hydroxyl groups excluding tert-OH is 1. The summed E-state index contributed by atoms with van der Waals surface area (Å²) in [5.41, 5.74) is 2.50. The van der Waals surface area contributed by atoms with Gasteiger partial charge in [0, 0.05) is 24.9 Å². The summed E-state index contributed by atoms with van der Waals surface area (Å²) >= 11 is 0. The SMILES string of the molecule is CC(C)c1ccc(-c2noc(CCC(=O)NCC(O)c3cccc(F)c3)n2)cc1. The van der Waals surface area contributed by atoms with Gasteiger partial charge in [0.15, 0.2) is 0 Å². The number of carbonyl (C=O) groups is 1. The number of hydrogen-bond acceptors (Lipinski definition) is 5. The van der Waals surface area contributed by atoms with Crippen LogP contribution in [0.1, 0.15) is 49.3 Å². The van der Waals surface area contributed by atoms with E-state index in [1.54, 1.807) is 6.07 Å². The van der Waals surface area contributed by atoms with E-state index in [1.165, 1.54) is 23.8 Å². The van der Waals surface area contributed by atoms with Crippen molar-refractivity contribution in [2.45, 2.75) is 38.7 Å². The monoisotopic (exact) mass is 397 g/mol. The molecular formula is C22H24FN3O3. The Balaban J connectivity index is 1.48. The average molecular weight is 397 g/mol. The number of aromatic nitrogens is 2. The molecule has 29 heavy (non-hydrogen) atoms. The van der Waals surface area contributed by atoms with Crippen molar-refractivity contribution in [3.05, 3.63) is 71.4 Å².